The molecule has 2 aromatic rings. The van der Waals surface area contributed by atoms with Gasteiger partial charge >= 0.3 is 0 Å². The van der Waals surface area contributed by atoms with E-state index in [1.807, 2.05) is 23.4 Å². The molecule has 3 rings (SSSR count). The monoisotopic (exact) mass is 292 g/mol. The van der Waals surface area contributed by atoms with Crippen LogP contribution < -0.4 is 5.32 Å². The third-order valence-corrected chi connectivity index (χ3v) is 4.58. The van der Waals surface area contributed by atoms with Gasteiger partial charge < -0.3 is 10.2 Å². The Morgan fingerprint density at radius 1 is 1.45 bits per heavy atom. The number of hydrogen-bond donors (Lipinski definition) is 1. The van der Waals surface area contributed by atoms with E-state index in [1.54, 1.807) is 11.3 Å². The number of nitrogens with one attached hydrogen (secondary N) is 1. The second-order valence-corrected chi connectivity index (χ2v) is 6.09. The first kappa shape index (κ1) is 13.6. The first-order valence-corrected chi connectivity index (χ1v) is 8.03. The van der Waals surface area contributed by atoms with Crippen LogP contribution in [0.5, 0.6) is 0 Å². The standard InChI is InChI=1S/C14H20N4OS/c1-11-12(18-8-9-20-14(18)16-11)10-15-5-4-13(19)17-6-2-3-7-17/h8-9,15H,2-7,10H2,1H3. The molecular weight excluding hydrogens is 272 g/mol. The number of rotatable bonds is 5. The normalized spacial score (nSPS) is 15.3. The summed E-state index contributed by atoms with van der Waals surface area (Å²) in [5.41, 5.74) is 2.25. The van der Waals surface area contributed by atoms with Gasteiger partial charge in [-0.3, -0.25) is 9.20 Å². The van der Waals surface area contributed by atoms with Gasteiger partial charge in [0, 0.05) is 44.2 Å². The van der Waals surface area contributed by atoms with Crippen LogP contribution in [0.15, 0.2) is 11.6 Å². The van der Waals surface area contributed by atoms with Crippen molar-refractivity contribution in [3.8, 4) is 0 Å². The van der Waals surface area contributed by atoms with Gasteiger partial charge in [0.15, 0.2) is 4.96 Å². The number of carbonyl (C=O) groups is 1. The molecular formula is C14H20N4OS. The molecule has 1 aliphatic rings. The van der Waals surface area contributed by atoms with Gasteiger partial charge in [0.1, 0.15) is 0 Å². The van der Waals surface area contributed by atoms with E-state index < -0.39 is 0 Å². The van der Waals surface area contributed by atoms with Crippen LogP contribution in [0.4, 0.5) is 0 Å². The van der Waals surface area contributed by atoms with Crippen molar-refractivity contribution < 1.29 is 4.79 Å². The van der Waals surface area contributed by atoms with E-state index in [9.17, 15) is 4.79 Å². The molecule has 0 unspecified atom stereocenters. The van der Waals surface area contributed by atoms with Crippen LogP contribution in [0.2, 0.25) is 0 Å². The Morgan fingerprint density at radius 2 is 2.25 bits per heavy atom. The minimum Gasteiger partial charge on any atom is -0.343 e. The number of carbonyl (C=O) groups excluding carboxylic acids is 1. The Bertz CT molecular complexity index is 597. The summed E-state index contributed by atoms with van der Waals surface area (Å²) < 4.78 is 2.12. The Balaban J connectivity index is 1.49. The summed E-state index contributed by atoms with van der Waals surface area (Å²) in [5.74, 6) is 0.278. The first-order chi connectivity index (χ1) is 9.75. The largest absolute Gasteiger partial charge is 0.343 e. The summed E-state index contributed by atoms with van der Waals surface area (Å²) in [6.45, 7) is 5.40. The fraction of sp³-hybridized carbons (Fsp3) is 0.571. The lowest BCUT2D eigenvalue weighted by Gasteiger charge is -2.15. The molecule has 2 aromatic heterocycles. The number of aromatic nitrogens is 2. The third-order valence-electron chi connectivity index (χ3n) is 3.83. The Morgan fingerprint density at radius 3 is 3.05 bits per heavy atom. The van der Waals surface area contributed by atoms with Crippen molar-refractivity contribution in [2.75, 3.05) is 19.6 Å². The fourth-order valence-electron chi connectivity index (χ4n) is 2.68. The molecule has 5 nitrogen and oxygen atoms in total. The molecule has 0 saturated carbocycles. The minimum atomic E-state index is 0.278. The molecule has 1 amide bonds. The first-order valence-electron chi connectivity index (χ1n) is 7.15. The molecule has 0 aliphatic carbocycles. The highest BCUT2D eigenvalue weighted by molar-refractivity contribution is 7.15. The fourth-order valence-corrected chi connectivity index (χ4v) is 3.46. The maximum Gasteiger partial charge on any atom is 0.223 e. The molecule has 1 saturated heterocycles. The molecule has 0 bridgehead atoms. The molecule has 20 heavy (non-hydrogen) atoms. The van der Waals surface area contributed by atoms with Gasteiger partial charge in [-0.1, -0.05) is 0 Å². The average Bonchev–Trinajstić information content (AvgIpc) is 3.12. The van der Waals surface area contributed by atoms with Gasteiger partial charge in [-0.2, -0.15) is 0 Å². The van der Waals surface area contributed by atoms with E-state index in [2.05, 4.69) is 14.7 Å². The van der Waals surface area contributed by atoms with Crippen LogP contribution in [0.3, 0.4) is 0 Å². The topological polar surface area (TPSA) is 49.6 Å². The van der Waals surface area contributed by atoms with E-state index in [-0.39, 0.29) is 5.91 Å². The van der Waals surface area contributed by atoms with Gasteiger partial charge in [-0.15, -0.1) is 11.3 Å². The molecule has 0 aromatic carbocycles. The highest BCUT2D eigenvalue weighted by Gasteiger charge is 2.17. The zero-order valence-electron chi connectivity index (χ0n) is 11.8. The maximum absolute atomic E-state index is 11.9. The van der Waals surface area contributed by atoms with Crippen molar-refractivity contribution in [3.05, 3.63) is 23.0 Å². The van der Waals surface area contributed by atoms with Gasteiger partial charge in [-0.05, 0) is 19.8 Å². The van der Waals surface area contributed by atoms with Gasteiger partial charge in [-0.25, -0.2) is 4.98 Å². The number of hydrogen-bond acceptors (Lipinski definition) is 4. The lowest BCUT2D eigenvalue weighted by Crippen LogP contribution is -2.30. The second-order valence-electron chi connectivity index (χ2n) is 5.21. The van der Waals surface area contributed by atoms with Crippen LogP contribution in [0, 0.1) is 6.92 Å². The molecule has 0 spiro atoms. The Labute approximate surface area is 122 Å². The molecule has 0 atom stereocenters. The van der Waals surface area contributed by atoms with Crippen molar-refractivity contribution in [1.29, 1.82) is 0 Å². The molecule has 108 valence electrons. The number of likely N-dealkylation sites (tertiary alicyclic amines) is 1. The van der Waals surface area contributed by atoms with Gasteiger partial charge in [0.25, 0.3) is 0 Å². The molecule has 1 aliphatic heterocycles. The zero-order chi connectivity index (χ0) is 13.9. The van der Waals surface area contributed by atoms with E-state index in [4.69, 9.17) is 0 Å². The molecule has 3 heterocycles. The summed E-state index contributed by atoms with van der Waals surface area (Å²) in [6.07, 6.45) is 4.95. The van der Waals surface area contributed by atoms with Crippen LogP contribution in [-0.2, 0) is 11.3 Å². The van der Waals surface area contributed by atoms with Crippen molar-refractivity contribution in [1.82, 2.24) is 19.6 Å². The van der Waals surface area contributed by atoms with Crippen LogP contribution >= 0.6 is 11.3 Å². The number of imidazole rings is 1. The predicted molar refractivity (Wildman–Crippen MR) is 79.9 cm³/mol. The lowest BCUT2D eigenvalue weighted by molar-refractivity contribution is -0.130. The van der Waals surface area contributed by atoms with Gasteiger partial charge in [0.2, 0.25) is 5.91 Å². The maximum atomic E-state index is 11.9. The summed E-state index contributed by atoms with van der Waals surface area (Å²) in [7, 11) is 0. The van der Waals surface area contributed by atoms with E-state index in [0.29, 0.717) is 6.42 Å². The smallest absolute Gasteiger partial charge is 0.223 e. The van der Waals surface area contributed by atoms with Crippen LogP contribution in [0.25, 0.3) is 4.96 Å². The highest BCUT2D eigenvalue weighted by Crippen LogP contribution is 2.16. The van der Waals surface area contributed by atoms with E-state index in [1.165, 1.54) is 5.69 Å². The lowest BCUT2D eigenvalue weighted by atomic mass is 10.3. The molecule has 1 fully saturated rings. The Kier molecular flexibility index (Phi) is 4.03. The van der Waals surface area contributed by atoms with Crippen LogP contribution in [0.1, 0.15) is 30.7 Å². The molecule has 1 N–H and O–H groups in total. The summed E-state index contributed by atoms with van der Waals surface area (Å²) >= 11 is 1.65. The average molecular weight is 292 g/mol. The van der Waals surface area contributed by atoms with E-state index >= 15 is 0 Å². The predicted octanol–water partition coefficient (Wildman–Crippen LogP) is 1.81. The van der Waals surface area contributed by atoms with Crippen molar-refractivity contribution in [3.63, 3.8) is 0 Å². The van der Waals surface area contributed by atoms with Crippen molar-refractivity contribution in [2.24, 2.45) is 0 Å². The zero-order valence-corrected chi connectivity index (χ0v) is 12.6. The van der Waals surface area contributed by atoms with Gasteiger partial charge in [0.05, 0.1) is 11.4 Å². The Hall–Kier alpha value is -1.40. The second kappa shape index (κ2) is 5.93. The number of amides is 1. The van der Waals surface area contributed by atoms with Crippen LogP contribution in [-0.4, -0.2) is 39.8 Å². The summed E-state index contributed by atoms with van der Waals surface area (Å²) in [4.78, 5) is 19.4. The summed E-state index contributed by atoms with van der Waals surface area (Å²) in [5, 5.41) is 5.41. The number of fused-ring (bicyclic) bond motifs is 1. The quantitative estimate of drug-likeness (QED) is 0.855. The highest BCUT2D eigenvalue weighted by atomic mass is 32.1. The van der Waals surface area contributed by atoms with Crippen molar-refractivity contribution >= 4 is 22.2 Å². The minimum absolute atomic E-state index is 0.278. The third kappa shape index (κ3) is 2.71. The molecule has 6 heteroatoms. The number of thiazole rings is 1. The number of nitrogens with zero attached hydrogens (tertiary/aromatic N) is 3. The summed E-state index contributed by atoms with van der Waals surface area (Å²) in [6, 6.07) is 0. The SMILES string of the molecule is Cc1nc2sccn2c1CNCCC(=O)N1CCCC1. The molecule has 0 radical (unpaired) electrons. The van der Waals surface area contributed by atoms with E-state index in [0.717, 1.165) is 49.7 Å². The number of aryl methyl sites for hydroxylation is 1. The van der Waals surface area contributed by atoms with Crippen molar-refractivity contribution in [2.45, 2.75) is 32.7 Å².